The minimum atomic E-state index is -0.156. The fourth-order valence-electron chi connectivity index (χ4n) is 4.09. The highest BCUT2D eigenvalue weighted by molar-refractivity contribution is 5.89. The van der Waals surface area contributed by atoms with E-state index in [4.69, 9.17) is 4.74 Å². The second kappa shape index (κ2) is 4.52. The molecule has 18 heavy (non-hydrogen) atoms. The Labute approximate surface area is 109 Å². The van der Waals surface area contributed by atoms with E-state index in [9.17, 15) is 9.59 Å². The number of hydrogen-bond donors (Lipinski definition) is 0. The zero-order valence-corrected chi connectivity index (χ0v) is 11.6. The molecule has 3 fully saturated rings. The van der Waals surface area contributed by atoms with Crippen LogP contribution in [0.25, 0.3) is 0 Å². The summed E-state index contributed by atoms with van der Waals surface area (Å²) in [6, 6.07) is 0. The molecule has 0 aliphatic heterocycles. The molecule has 0 amide bonds. The van der Waals surface area contributed by atoms with E-state index >= 15 is 0 Å². The van der Waals surface area contributed by atoms with E-state index in [0.29, 0.717) is 5.78 Å². The van der Waals surface area contributed by atoms with E-state index in [1.54, 1.807) is 0 Å². The fourth-order valence-corrected chi connectivity index (χ4v) is 4.09. The van der Waals surface area contributed by atoms with Crippen LogP contribution in [0.3, 0.4) is 0 Å². The molecule has 0 N–H and O–H groups in total. The van der Waals surface area contributed by atoms with Crippen LogP contribution in [0.4, 0.5) is 0 Å². The van der Waals surface area contributed by atoms with Gasteiger partial charge in [-0.05, 0) is 31.1 Å². The third kappa shape index (κ3) is 1.72. The normalized spacial score (nSPS) is 42.8. The van der Waals surface area contributed by atoms with Gasteiger partial charge in [0.15, 0.2) is 0 Å². The SMILES string of the molecule is C=C(C)[C@H]1C[C@@H]2[C@@H](C(=O)OC)[C@H](C)[C@H]1C(=O)[C@@H]2C. The molecule has 0 aromatic carbocycles. The molecule has 0 aromatic rings. The van der Waals surface area contributed by atoms with Crippen LogP contribution >= 0.6 is 0 Å². The summed E-state index contributed by atoms with van der Waals surface area (Å²) >= 11 is 0. The summed E-state index contributed by atoms with van der Waals surface area (Å²) in [4.78, 5) is 24.3. The zero-order valence-electron chi connectivity index (χ0n) is 11.6. The minimum Gasteiger partial charge on any atom is -0.469 e. The van der Waals surface area contributed by atoms with Gasteiger partial charge in [0.1, 0.15) is 5.78 Å². The van der Waals surface area contributed by atoms with Crippen LogP contribution in [0.5, 0.6) is 0 Å². The number of methoxy groups -OCH3 is 1. The monoisotopic (exact) mass is 250 g/mol. The van der Waals surface area contributed by atoms with Crippen molar-refractivity contribution in [3.63, 3.8) is 0 Å². The van der Waals surface area contributed by atoms with Gasteiger partial charge < -0.3 is 4.74 Å². The number of carbonyl (C=O) groups excluding carboxylic acids is 2. The third-order valence-corrected chi connectivity index (χ3v) is 5.08. The molecule has 0 spiro atoms. The second-order valence-corrected chi connectivity index (χ2v) is 5.98. The molecular weight excluding hydrogens is 228 g/mol. The van der Waals surface area contributed by atoms with Crippen molar-refractivity contribution in [1.82, 2.24) is 0 Å². The standard InChI is InChI=1S/C15H22O3/c1-7(2)10-6-11-8(3)14(16)12(10)9(4)13(11)15(17)18-5/h8-13H,1,6H2,2-5H3/t8-,9-,10-,11+,12-,13+/m1/s1. The molecule has 3 heteroatoms. The quantitative estimate of drug-likeness (QED) is 0.558. The zero-order chi connectivity index (χ0) is 13.6. The highest BCUT2D eigenvalue weighted by atomic mass is 16.5. The number of Topliss-reactive ketones (excluding diaryl/α,β-unsaturated/α-hetero) is 1. The molecule has 3 saturated carbocycles. The van der Waals surface area contributed by atoms with Crippen LogP contribution in [0.15, 0.2) is 12.2 Å². The number of ether oxygens (including phenoxy) is 1. The summed E-state index contributed by atoms with van der Waals surface area (Å²) in [6.45, 7) is 9.97. The van der Waals surface area contributed by atoms with Gasteiger partial charge in [-0.15, -0.1) is 0 Å². The van der Waals surface area contributed by atoms with Crippen molar-refractivity contribution in [3.8, 4) is 0 Å². The topological polar surface area (TPSA) is 43.4 Å². The highest BCUT2D eigenvalue weighted by Gasteiger charge is 2.57. The van der Waals surface area contributed by atoms with Gasteiger partial charge in [-0.1, -0.05) is 26.0 Å². The molecule has 0 saturated heterocycles. The number of fused-ring (bicyclic) bond motifs is 3. The predicted octanol–water partition coefficient (Wildman–Crippen LogP) is 2.46. The highest BCUT2D eigenvalue weighted by Crippen LogP contribution is 2.54. The lowest BCUT2D eigenvalue weighted by Gasteiger charge is -2.52. The second-order valence-electron chi connectivity index (χ2n) is 5.98. The molecule has 3 rings (SSSR count). The van der Waals surface area contributed by atoms with Gasteiger partial charge in [0.05, 0.1) is 13.0 Å². The molecule has 0 radical (unpaired) electrons. The Morgan fingerprint density at radius 3 is 2.50 bits per heavy atom. The maximum atomic E-state index is 12.4. The van der Waals surface area contributed by atoms with Crippen molar-refractivity contribution in [2.75, 3.05) is 7.11 Å². The van der Waals surface area contributed by atoms with Crippen LogP contribution in [-0.4, -0.2) is 18.9 Å². The summed E-state index contributed by atoms with van der Waals surface area (Å²) in [6.07, 6.45) is 0.900. The van der Waals surface area contributed by atoms with Gasteiger partial charge in [-0.2, -0.15) is 0 Å². The summed E-state index contributed by atoms with van der Waals surface area (Å²) < 4.78 is 4.92. The molecule has 100 valence electrons. The summed E-state index contributed by atoms with van der Waals surface area (Å²) in [5.41, 5.74) is 1.07. The molecule has 0 unspecified atom stereocenters. The number of hydrogen-bond acceptors (Lipinski definition) is 3. The van der Waals surface area contributed by atoms with Crippen molar-refractivity contribution >= 4 is 11.8 Å². The number of ketones is 1. The van der Waals surface area contributed by atoms with Gasteiger partial charge in [0.2, 0.25) is 0 Å². The first-order chi connectivity index (χ1) is 8.40. The van der Waals surface area contributed by atoms with Gasteiger partial charge in [0, 0.05) is 11.8 Å². The molecule has 2 bridgehead atoms. The Bertz CT molecular complexity index is 399. The Hall–Kier alpha value is -1.12. The van der Waals surface area contributed by atoms with Crippen LogP contribution in [0.2, 0.25) is 0 Å². The Morgan fingerprint density at radius 1 is 1.39 bits per heavy atom. The molecular formula is C15H22O3. The Kier molecular flexibility index (Phi) is 3.35. The van der Waals surface area contributed by atoms with Crippen LogP contribution in [-0.2, 0) is 14.3 Å². The first kappa shape index (κ1) is 13.3. The first-order valence-electron chi connectivity index (χ1n) is 6.67. The summed E-state index contributed by atoms with van der Waals surface area (Å²) in [7, 11) is 1.43. The number of allylic oxidation sites excluding steroid dienone is 1. The Morgan fingerprint density at radius 2 is 2.00 bits per heavy atom. The van der Waals surface area contributed by atoms with Gasteiger partial charge >= 0.3 is 5.97 Å². The van der Waals surface area contributed by atoms with Crippen LogP contribution in [0.1, 0.15) is 27.2 Å². The maximum Gasteiger partial charge on any atom is 0.309 e. The van der Waals surface area contributed by atoms with Crippen molar-refractivity contribution in [3.05, 3.63) is 12.2 Å². The van der Waals surface area contributed by atoms with Crippen molar-refractivity contribution in [2.45, 2.75) is 27.2 Å². The van der Waals surface area contributed by atoms with E-state index in [-0.39, 0.29) is 41.5 Å². The van der Waals surface area contributed by atoms with Crippen LogP contribution in [0, 0.1) is 35.5 Å². The number of carbonyl (C=O) groups is 2. The van der Waals surface area contributed by atoms with E-state index < -0.39 is 0 Å². The van der Waals surface area contributed by atoms with E-state index in [2.05, 4.69) is 6.58 Å². The average molecular weight is 250 g/mol. The minimum absolute atomic E-state index is 0.0223. The van der Waals surface area contributed by atoms with E-state index in [1.165, 1.54) is 7.11 Å². The number of esters is 1. The molecule has 0 aromatic heterocycles. The molecule has 3 aliphatic carbocycles. The van der Waals surface area contributed by atoms with Gasteiger partial charge in [-0.3, -0.25) is 9.59 Å². The third-order valence-electron chi connectivity index (χ3n) is 5.08. The summed E-state index contributed by atoms with van der Waals surface area (Å²) in [5, 5.41) is 0. The molecule has 6 atom stereocenters. The summed E-state index contributed by atoms with van der Waals surface area (Å²) in [5.74, 6) is 0.396. The molecule has 0 heterocycles. The lowest BCUT2D eigenvalue weighted by Crippen LogP contribution is -2.56. The van der Waals surface area contributed by atoms with Crippen LogP contribution < -0.4 is 0 Å². The van der Waals surface area contributed by atoms with E-state index in [1.807, 2.05) is 20.8 Å². The first-order valence-corrected chi connectivity index (χ1v) is 6.67. The van der Waals surface area contributed by atoms with Gasteiger partial charge in [0.25, 0.3) is 0 Å². The lowest BCUT2D eigenvalue weighted by atomic mass is 9.50. The molecule has 3 nitrogen and oxygen atoms in total. The maximum absolute atomic E-state index is 12.4. The fraction of sp³-hybridized carbons (Fsp3) is 0.733. The van der Waals surface area contributed by atoms with Crippen molar-refractivity contribution in [1.29, 1.82) is 0 Å². The van der Waals surface area contributed by atoms with Crippen molar-refractivity contribution in [2.24, 2.45) is 35.5 Å². The predicted molar refractivity (Wildman–Crippen MR) is 68.7 cm³/mol. The molecule has 3 aliphatic rings. The van der Waals surface area contributed by atoms with E-state index in [0.717, 1.165) is 12.0 Å². The largest absolute Gasteiger partial charge is 0.469 e. The average Bonchev–Trinajstić information content (AvgIpc) is 2.33. The van der Waals surface area contributed by atoms with Crippen molar-refractivity contribution < 1.29 is 14.3 Å². The number of rotatable bonds is 2. The smallest absolute Gasteiger partial charge is 0.309 e. The lowest BCUT2D eigenvalue weighted by molar-refractivity contribution is -0.165. The van der Waals surface area contributed by atoms with Gasteiger partial charge in [-0.25, -0.2) is 0 Å². The Balaban J connectivity index is 2.37.